The summed E-state index contributed by atoms with van der Waals surface area (Å²) in [5, 5.41) is 3.08. The first-order valence-electron chi connectivity index (χ1n) is 4.69. The number of alkyl halides is 3. The third kappa shape index (κ3) is 3.91. The van der Waals surface area contributed by atoms with E-state index >= 15 is 0 Å². The molecule has 0 aromatic carbocycles. The van der Waals surface area contributed by atoms with E-state index in [1.165, 1.54) is 6.92 Å². The van der Waals surface area contributed by atoms with Crippen LogP contribution >= 0.6 is 0 Å². The Bertz CT molecular complexity index is 275. The maximum absolute atomic E-state index is 12.1. The van der Waals surface area contributed by atoms with Crippen LogP contribution in [-0.2, 0) is 0 Å². The van der Waals surface area contributed by atoms with E-state index < -0.39 is 11.9 Å². The first-order chi connectivity index (χ1) is 6.89. The molecule has 0 bridgehead atoms. The molecule has 1 unspecified atom stereocenters. The van der Waals surface area contributed by atoms with Crippen molar-refractivity contribution < 1.29 is 13.2 Å². The van der Waals surface area contributed by atoms with Gasteiger partial charge in [-0.25, -0.2) is 0 Å². The van der Waals surface area contributed by atoms with Gasteiger partial charge >= 0.3 is 6.18 Å². The van der Waals surface area contributed by atoms with Crippen LogP contribution in [0.5, 0.6) is 0 Å². The Labute approximate surface area is 86.2 Å². The Morgan fingerprint density at radius 3 is 2.67 bits per heavy atom. The zero-order valence-electron chi connectivity index (χ0n) is 8.43. The van der Waals surface area contributed by atoms with Gasteiger partial charge in [-0.15, -0.1) is 0 Å². The Morgan fingerprint density at radius 2 is 2.20 bits per heavy atom. The standard InChI is InChI=1S/C9H14F3N3/c1-6(4-8(13)9(10,11)12)15-7-2-3-14-5-7/h4,7,14H,2-3,5,13H2,1H3. The summed E-state index contributed by atoms with van der Waals surface area (Å²) in [4.78, 5) is 4.13. The molecule has 3 nitrogen and oxygen atoms in total. The van der Waals surface area contributed by atoms with Crippen LogP contribution in [0.2, 0.25) is 0 Å². The van der Waals surface area contributed by atoms with Gasteiger partial charge in [0.05, 0.1) is 6.04 Å². The van der Waals surface area contributed by atoms with E-state index in [9.17, 15) is 13.2 Å². The topological polar surface area (TPSA) is 50.4 Å². The Kier molecular flexibility index (Phi) is 3.73. The summed E-state index contributed by atoms with van der Waals surface area (Å²) in [5.74, 6) is 0. The normalized spacial score (nSPS) is 24.7. The third-order valence-electron chi connectivity index (χ3n) is 2.11. The van der Waals surface area contributed by atoms with E-state index in [-0.39, 0.29) is 6.04 Å². The third-order valence-corrected chi connectivity index (χ3v) is 2.11. The molecular formula is C9H14F3N3. The predicted octanol–water partition coefficient (Wildman–Crippen LogP) is 1.21. The number of nitrogens with one attached hydrogen (secondary N) is 1. The second-order valence-electron chi connectivity index (χ2n) is 3.51. The number of nitrogens with zero attached hydrogens (tertiary/aromatic N) is 1. The maximum Gasteiger partial charge on any atom is 0.430 e. The smallest absolute Gasteiger partial charge is 0.395 e. The fraction of sp³-hybridized carbons (Fsp3) is 0.667. The van der Waals surface area contributed by atoms with Crippen molar-refractivity contribution in [3.63, 3.8) is 0 Å². The SMILES string of the molecule is CC(C=C(N)C(F)(F)F)=NC1CCNC1. The summed E-state index contributed by atoms with van der Waals surface area (Å²) in [6, 6.07) is 0.0716. The molecular weight excluding hydrogens is 207 g/mol. The van der Waals surface area contributed by atoms with Gasteiger partial charge in [-0.3, -0.25) is 4.99 Å². The van der Waals surface area contributed by atoms with Crippen LogP contribution < -0.4 is 11.1 Å². The molecule has 1 saturated heterocycles. The minimum Gasteiger partial charge on any atom is -0.395 e. The average Bonchev–Trinajstić information content (AvgIpc) is 2.54. The van der Waals surface area contributed by atoms with Gasteiger partial charge in [-0.05, 0) is 26.0 Å². The van der Waals surface area contributed by atoms with Crippen molar-refractivity contribution in [2.75, 3.05) is 13.1 Å². The Morgan fingerprint density at radius 1 is 1.53 bits per heavy atom. The zero-order chi connectivity index (χ0) is 11.5. The van der Waals surface area contributed by atoms with E-state index in [1.54, 1.807) is 0 Å². The van der Waals surface area contributed by atoms with Crippen LogP contribution in [0.15, 0.2) is 16.8 Å². The molecule has 0 amide bonds. The fourth-order valence-electron chi connectivity index (χ4n) is 1.38. The summed E-state index contributed by atoms with van der Waals surface area (Å²) in [6.45, 7) is 3.11. The summed E-state index contributed by atoms with van der Waals surface area (Å²) in [7, 11) is 0. The van der Waals surface area contributed by atoms with E-state index in [0.717, 1.165) is 25.6 Å². The number of halogens is 3. The molecule has 3 N–H and O–H groups in total. The second kappa shape index (κ2) is 4.65. The van der Waals surface area contributed by atoms with Crippen molar-refractivity contribution in [1.82, 2.24) is 5.32 Å². The predicted molar refractivity (Wildman–Crippen MR) is 52.7 cm³/mol. The molecule has 15 heavy (non-hydrogen) atoms. The zero-order valence-corrected chi connectivity index (χ0v) is 8.43. The summed E-state index contributed by atoms with van der Waals surface area (Å²) in [5.41, 5.74) is 4.08. The van der Waals surface area contributed by atoms with Gasteiger partial charge in [0, 0.05) is 12.3 Å². The van der Waals surface area contributed by atoms with Crippen molar-refractivity contribution in [1.29, 1.82) is 0 Å². The van der Waals surface area contributed by atoms with Crippen LogP contribution in [0.25, 0.3) is 0 Å². The van der Waals surface area contributed by atoms with Crippen molar-refractivity contribution >= 4 is 5.71 Å². The average molecular weight is 221 g/mol. The molecule has 0 aromatic heterocycles. The van der Waals surface area contributed by atoms with Crippen LogP contribution in [0, 0.1) is 0 Å². The lowest BCUT2D eigenvalue weighted by molar-refractivity contribution is -0.0925. The molecule has 0 spiro atoms. The van der Waals surface area contributed by atoms with Crippen LogP contribution in [0.1, 0.15) is 13.3 Å². The van der Waals surface area contributed by atoms with Crippen molar-refractivity contribution in [3.8, 4) is 0 Å². The van der Waals surface area contributed by atoms with Crippen LogP contribution in [0.4, 0.5) is 13.2 Å². The van der Waals surface area contributed by atoms with Crippen LogP contribution in [-0.4, -0.2) is 31.0 Å². The minimum atomic E-state index is -4.47. The van der Waals surface area contributed by atoms with E-state index in [1.807, 2.05) is 0 Å². The molecule has 1 heterocycles. The lowest BCUT2D eigenvalue weighted by atomic mass is 10.2. The van der Waals surface area contributed by atoms with Crippen LogP contribution in [0.3, 0.4) is 0 Å². The van der Waals surface area contributed by atoms with Gasteiger partial charge in [0.15, 0.2) is 0 Å². The number of allylic oxidation sites excluding steroid dienone is 2. The largest absolute Gasteiger partial charge is 0.430 e. The monoisotopic (exact) mass is 221 g/mol. The van der Waals surface area contributed by atoms with Crippen molar-refractivity contribution in [3.05, 3.63) is 11.8 Å². The summed E-state index contributed by atoms with van der Waals surface area (Å²) >= 11 is 0. The van der Waals surface area contributed by atoms with Crippen molar-refractivity contribution in [2.45, 2.75) is 25.6 Å². The first kappa shape index (κ1) is 12.0. The van der Waals surface area contributed by atoms with Crippen molar-refractivity contribution in [2.24, 2.45) is 10.7 Å². The van der Waals surface area contributed by atoms with E-state index in [0.29, 0.717) is 5.71 Å². The van der Waals surface area contributed by atoms with Gasteiger partial charge in [-0.2, -0.15) is 13.2 Å². The Balaban J connectivity index is 2.64. The molecule has 0 saturated carbocycles. The quantitative estimate of drug-likeness (QED) is 0.689. The molecule has 1 rings (SSSR count). The van der Waals surface area contributed by atoms with Gasteiger partial charge in [-0.1, -0.05) is 0 Å². The molecule has 6 heteroatoms. The van der Waals surface area contributed by atoms with Gasteiger partial charge in [0.25, 0.3) is 0 Å². The molecule has 0 radical (unpaired) electrons. The lowest BCUT2D eigenvalue weighted by Crippen LogP contribution is -2.20. The number of rotatable bonds is 2. The van der Waals surface area contributed by atoms with Gasteiger partial charge in [0.1, 0.15) is 5.70 Å². The number of aliphatic imine (C=N–C) groups is 1. The highest BCUT2D eigenvalue weighted by Gasteiger charge is 2.31. The molecule has 1 aliphatic heterocycles. The molecule has 86 valence electrons. The molecule has 0 aliphatic carbocycles. The molecule has 0 aromatic rings. The van der Waals surface area contributed by atoms with Gasteiger partial charge in [0.2, 0.25) is 0 Å². The fourth-order valence-corrected chi connectivity index (χ4v) is 1.38. The summed E-state index contributed by atoms with van der Waals surface area (Å²) < 4.78 is 36.2. The highest BCUT2D eigenvalue weighted by molar-refractivity contribution is 5.93. The lowest BCUT2D eigenvalue weighted by Gasteiger charge is -2.07. The minimum absolute atomic E-state index is 0.0716. The number of nitrogens with two attached hydrogens (primary N) is 1. The maximum atomic E-state index is 12.1. The van der Waals surface area contributed by atoms with Gasteiger partial charge < -0.3 is 11.1 Å². The highest BCUT2D eigenvalue weighted by atomic mass is 19.4. The number of hydrogen-bond donors (Lipinski definition) is 2. The second-order valence-corrected chi connectivity index (χ2v) is 3.51. The highest BCUT2D eigenvalue weighted by Crippen LogP contribution is 2.21. The Hall–Kier alpha value is -1.04. The van der Waals surface area contributed by atoms with E-state index in [4.69, 9.17) is 5.73 Å². The molecule has 1 fully saturated rings. The van der Waals surface area contributed by atoms with E-state index in [2.05, 4.69) is 10.3 Å². The number of hydrogen-bond acceptors (Lipinski definition) is 3. The molecule has 1 atom stereocenters. The molecule has 1 aliphatic rings. The summed E-state index contributed by atoms with van der Waals surface area (Å²) in [6.07, 6.45) is -2.74. The first-order valence-corrected chi connectivity index (χ1v) is 4.69.